The zero-order valence-corrected chi connectivity index (χ0v) is 29.9. The summed E-state index contributed by atoms with van der Waals surface area (Å²) in [4.78, 5) is 61.3. The van der Waals surface area contributed by atoms with Gasteiger partial charge in [-0.15, -0.1) is 21.5 Å². The minimum atomic E-state index is -0.670. The van der Waals surface area contributed by atoms with E-state index in [0.717, 1.165) is 44.4 Å². The van der Waals surface area contributed by atoms with Crippen molar-refractivity contribution in [3.05, 3.63) is 91.3 Å². The Morgan fingerprint density at radius 2 is 1.84 bits per heavy atom. The van der Waals surface area contributed by atoms with Gasteiger partial charge in [-0.1, -0.05) is 23.7 Å². The van der Waals surface area contributed by atoms with Crippen molar-refractivity contribution in [2.24, 2.45) is 4.99 Å². The number of fused-ring (bicyclic) bond motifs is 5. The fraction of sp³-hybridized carbons (Fsp3) is 0.378. The van der Waals surface area contributed by atoms with Gasteiger partial charge in [0.25, 0.3) is 5.91 Å². The number of amides is 4. The van der Waals surface area contributed by atoms with E-state index < -0.39 is 23.6 Å². The fourth-order valence-corrected chi connectivity index (χ4v) is 9.39. The van der Waals surface area contributed by atoms with Crippen LogP contribution in [0.2, 0.25) is 5.02 Å². The van der Waals surface area contributed by atoms with E-state index in [9.17, 15) is 19.2 Å². The monoisotopic (exact) mass is 723 g/mol. The van der Waals surface area contributed by atoms with Crippen LogP contribution in [-0.2, 0) is 27.3 Å². The van der Waals surface area contributed by atoms with E-state index in [1.807, 2.05) is 52.8 Å². The van der Waals surface area contributed by atoms with Gasteiger partial charge < -0.3 is 14.5 Å². The van der Waals surface area contributed by atoms with Crippen molar-refractivity contribution in [2.45, 2.75) is 77.1 Å². The molecule has 51 heavy (non-hydrogen) atoms. The van der Waals surface area contributed by atoms with E-state index in [2.05, 4.69) is 29.4 Å². The fourth-order valence-electron chi connectivity index (χ4n) is 8.05. The highest BCUT2D eigenvalue weighted by atomic mass is 35.5. The number of ether oxygens (including phenoxy) is 1. The van der Waals surface area contributed by atoms with E-state index >= 15 is 0 Å². The molecule has 5 aliphatic rings. The highest BCUT2D eigenvalue weighted by Crippen LogP contribution is 2.44. The molecule has 0 saturated carbocycles. The van der Waals surface area contributed by atoms with Gasteiger partial charge in [0.2, 0.25) is 17.7 Å². The molecule has 5 aliphatic heterocycles. The summed E-state index contributed by atoms with van der Waals surface area (Å²) in [5, 5.41) is 12.9. The Kier molecular flexibility index (Phi) is 7.27. The molecule has 4 aromatic rings. The van der Waals surface area contributed by atoms with Crippen molar-refractivity contribution >= 4 is 52.3 Å². The number of carbonyl (C=O) groups is 4. The van der Waals surface area contributed by atoms with E-state index in [4.69, 9.17) is 21.3 Å². The molecule has 2 atom stereocenters. The van der Waals surface area contributed by atoms with Crippen LogP contribution in [0, 0.1) is 20.8 Å². The van der Waals surface area contributed by atoms with Crippen LogP contribution in [0.4, 0.5) is 0 Å². The van der Waals surface area contributed by atoms with E-state index in [0.29, 0.717) is 54.5 Å². The summed E-state index contributed by atoms with van der Waals surface area (Å²) in [6.07, 6.45) is 2.06. The maximum absolute atomic E-state index is 14.0. The summed E-state index contributed by atoms with van der Waals surface area (Å²) in [5.41, 5.74) is 5.68. The maximum Gasteiger partial charge on any atom is 0.255 e. The number of likely N-dealkylation sites (tertiary alicyclic amines) is 1. The molecule has 2 aromatic carbocycles. The number of rotatable bonds is 4. The lowest BCUT2D eigenvalue weighted by Crippen LogP contribution is -2.67. The molecule has 0 bridgehead atoms. The number of hydrogen-bond acceptors (Lipinski definition) is 9. The maximum atomic E-state index is 14.0. The molecular weight excluding hydrogens is 690 g/mol. The van der Waals surface area contributed by atoms with Gasteiger partial charge in [-0.3, -0.25) is 34.1 Å². The van der Waals surface area contributed by atoms with Crippen molar-refractivity contribution in [3.8, 4) is 10.8 Å². The predicted molar refractivity (Wildman–Crippen MR) is 189 cm³/mol. The first-order chi connectivity index (χ1) is 24.5. The van der Waals surface area contributed by atoms with Crippen molar-refractivity contribution in [3.63, 3.8) is 0 Å². The number of nitrogens with zero attached hydrogens (tertiary/aromatic N) is 6. The van der Waals surface area contributed by atoms with Crippen molar-refractivity contribution < 1.29 is 23.9 Å². The zero-order valence-electron chi connectivity index (χ0n) is 28.3. The minimum absolute atomic E-state index is 0.0379. The third-order valence-electron chi connectivity index (χ3n) is 10.9. The Bertz CT molecular complexity index is 2240. The smallest absolute Gasteiger partial charge is 0.255 e. The molecule has 2 fully saturated rings. The van der Waals surface area contributed by atoms with Gasteiger partial charge in [-0.05, 0) is 81.0 Å². The van der Waals surface area contributed by atoms with E-state index in [-0.39, 0.29) is 37.1 Å². The molecule has 9 rings (SSSR count). The second-order valence-corrected chi connectivity index (χ2v) is 15.8. The summed E-state index contributed by atoms with van der Waals surface area (Å²) in [7, 11) is 0. The molecule has 4 amide bonds. The zero-order chi connectivity index (χ0) is 35.3. The van der Waals surface area contributed by atoms with E-state index in [1.54, 1.807) is 16.2 Å². The number of halogens is 1. The average molecular weight is 724 g/mol. The van der Waals surface area contributed by atoms with Crippen LogP contribution >= 0.6 is 22.9 Å². The van der Waals surface area contributed by atoms with Gasteiger partial charge in [0.05, 0.1) is 25.2 Å². The number of benzene rings is 2. The molecule has 260 valence electrons. The van der Waals surface area contributed by atoms with Crippen LogP contribution in [0.1, 0.15) is 86.4 Å². The molecule has 2 aromatic heterocycles. The lowest BCUT2D eigenvalue weighted by molar-refractivity contribution is -0.153. The van der Waals surface area contributed by atoms with E-state index in [1.165, 1.54) is 4.88 Å². The van der Waals surface area contributed by atoms with Gasteiger partial charge in [-0.2, -0.15) is 0 Å². The van der Waals surface area contributed by atoms with Crippen LogP contribution in [-0.4, -0.2) is 78.6 Å². The highest BCUT2D eigenvalue weighted by Gasteiger charge is 2.50. The van der Waals surface area contributed by atoms with Crippen LogP contribution in [0.3, 0.4) is 0 Å². The molecule has 14 heteroatoms. The molecular formula is C37H34ClN7O5S. The van der Waals surface area contributed by atoms with Gasteiger partial charge in [0.1, 0.15) is 34.3 Å². The molecule has 12 nitrogen and oxygen atoms in total. The summed E-state index contributed by atoms with van der Waals surface area (Å²) in [6.45, 7) is 7.30. The molecule has 2 saturated heterocycles. The first kappa shape index (κ1) is 32.1. The Balaban J connectivity index is 0.942. The van der Waals surface area contributed by atoms with Gasteiger partial charge in [0, 0.05) is 39.6 Å². The van der Waals surface area contributed by atoms with Crippen LogP contribution in [0.25, 0.3) is 5.00 Å². The standard InChI is InChI=1S/C37H34ClN7O5S/c1-18-19(2)51-36-31(18)32(21-4-6-24(38)7-5-21)39-26(33-42-41-20(3)45(33)36)14-30(47)43-16-37(17-43)11-10-22-12-25-23(13-28(22)50-37)15-44(35(25)49)27-8-9-29(46)40-34(27)48/h4-7,12-13,26-27H,8-11,14-17H2,1-3H3,(H,40,46,48)/t26-,27?/m0/s1. The first-order valence-corrected chi connectivity index (χ1v) is 18.3. The third kappa shape index (κ3) is 5.11. The molecule has 1 spiro atoms. The van der Waals surface area contributed by atoms with Crippen molar-refractivity contribution in [1.82, 2.24) is 29.9 Å². The van der Waals surface area contributed by atoms with Crippen molar-refractivity contribution in [2.75, 3.05) is 13.1 Å². The lowest BCUT2D eigenvalue weighted by atomic mass is 9.83. The number of imide groups is 1. The number of nitrogens with one attached hydrogen (secondary N) is 1. The molecule has 7 heterocycles. The number of piperidine rings is 1. The Morgan fingerprint density at radius 1 is 1.06 bits per heavy atom. The molecule has 1 N–H and O–H groups in total. The van der Waals surface area contributed by atoms with Crippen LogP contribution in [0.5, 0.6) is 5.75 Å². The second kappa shape index (κ2) is 11.6. The normalized spacial score (nSPS) is 21.6. The molecule has 0 radical (unpaired) electrons. The largest absolute Gasteiger partial charge is 0.483 e. The minimum Gasteiger partial charge on any atom is -0.483 e. The lowest BCUT2D eigenvalue weighted by Gasteiger charge is -2.52. The number of aryl methyl sites for hydroxylation is 3. The number of aliphatic imine (C=N–C) groups is 1. The summed E-state index contributed by atoms with van der Waals surface area (Å²) >= 11 is 7.93. The average Bonchev–Trinajstić information content (AvgIpc) is 3.69. The number of carbonyl (C=O) groups excluding carboxylic acids is 4. The summed E-state index contributed by atoms with van der Waals surface area (Å²) < 4.78 is 8.66. The predicted octanol–water partition coefficient (Wildman–Crippen LogP) is 4.56. The first-order valence-electron chi connectivity index (χ1n) is 17.1. The SMILES string of the molecule is Cc1sc2c(c1C)C(c1ccc(Cl)cc1)=N[C@@H](CC(=O)N1CC3(CCc4cc5c(cc4O3)CN(C3CCC(=O)NC3=O)C5=O)C1)c1nnc(C)n1-2. The van der Waals surface area contributed by atoms with Crippen molar-refractivity contribution in [1.29, 1.82) is 0 Å². The molecule has 1 unspecified atom stereocenters. The van der Waals surface area contributed by atoms with Gasteiger partial charge in [0.15, 0.2) is 5.82 Å². The quantitative estimate of drug-likeness (QED) is 0.305. The Labute approximate surface area is 302 Å². The van der Waals surface area contributed by atoms with Crippen LogP contribution in [0.15, 0.2) is 41.4 Å². The Hall–Kier alpha value is -4.88. The summed E-state index contributed by atoms with van der Waals surface area (Å²) in [6, 6.07) is 10.2. The molecule has 0 aliphatic carbocycles. The summed E-state index contributed by atoms with van der Waals surface area (Å²) in [5.74, 6) is 1.11. The second-order valence-electron chi connectivity index (χ2n) is 14.2. The van der Waals surface area contributed by atoms with Gasteiger partial charge >= 0.3 is 0 Å². The van der Waals surface area contributed by atoms with Crippen LogP contribution < -0.4 is 10.1 Å². The number of thiophene rings is 1. The van der Waals surface area contributed by atoms with Gasteiger partial charge in [-0.25, -0.2) is 0 Å². The third-order valence-corrected chi connectivity index (χ3v) is 12.4. The topological polar surface area (TPSA) is 139 Å². The number of hydrogen-bond donors (Lipinski definition) is 1. The highest BCUT2D eigenvalue weighted by molar-refractivity contribution is 7.15. The number of aromatic nitrogens is 3. The Morgan fingerprint density at radius 3 is 2.61 bits per heavy atom.